The van der Waals surface area contributed by atoms with E-state index in [1.54, 1.807) is 7.11 Å². The van der Waals surface area contributed by atoms with Crippen LogP contribution in [0.25, 0.3) is 0 Å². The van der Waals surface area contributed by atoms with Crippen molar-refractivity contribution in [2.75, 3.05) is 33.4 Å². The van der Waals surface area contributed by atoms with Crippen LogP contribution < -0.4 is 10.6 Å². The monoisotopic (exact) mass is 256 g/mol. The average molecular weight is 256 g/mol. The summed E-state index contributed by atoms with van der Waals surface area (Å²) in [6.45, 7) is 5.20. The van der Waals surface area contributed by atoms with E-state index < -0.39 is 0 Å². The minimum atomic E-state index is 0.0620. The van der Waals surface area contributed by atoms with Crippen molar-refractivity contribution in [2.45, 2.75) is 31.9 Å². The first kappa shape index (κ1) is 13.8. The third-order valence-corrected chi connectivity index (χ3v) is 4.18. The van der Waals surface area contributed by atoms with Gasteiger partial charge in [-0.15, -0.1) is 0 Å². The molecule has 18 heavy (non-hydrogen) atoms. The van der Waals surface area contributed by atoms with Crippen molar-refractivity contribution in [3.8, 4) is 0 Å². The lowest BCUT2D eigenvalue weighted by molar-refractivity contribution is -0.128. The Bertz CT molecular complexity index is 279. The Hall–Kier alpha value is -0.650. The maximum atomic E-state index is 12.2. The predicted octanol–water partition coefficient (Wildman–Crippen LogP) is 0.152. The molecule has 0 aliphatic carbocycles. The molecule has 0 aromatic carbocycles. The molecular weight excluding hydrogens is 232 g/mol. The third-order valence-electron chi connectivity index (χ3n) is 4.18. The van der Waals surface area contributed by atoms with E-state index in [4.69, 9.17) is 9.47 Å². The summed E-state index contributed by atoms with van der Waals surface area (Å²) in [5, 5.41) is 6.35. The maximum absolute atomic E-state index is 12.2. The number of rotatable bonds is 4. The van der Waals surface area contributed by atoms with Gasteiger partial charge in [0.15, 0.2) is 0 Å². The lowest BCUT2D eigenvalue weighted by atomic mass is 9.86. The molecule has 0 aromatic rings. The van der Waals surface area contributed by atoms with Crippen LogP contribution in [0.3, 0.4) is 0 Å². The number of amides is 1. The first-order valence-corrected chi connectivity index (χ1v) is 6.84. The fraction of sp³-hybridized carbons (Fsp3) is 0.923. The second kappa shape index (κ2) is 6.50. The highest BCUT2D eigenvalue weighted by Crippen LogP contribution is 2.23. The molecule has 1 amide bonds. The summed E-state index contributed by atoms with van der Waals surface area (Å²) in [5.74, 6) is 0.666. The maximum Gasteiger partial charge on any atom is 0.223 e. The molecule has 0 spiro atoms. The summed E-state index contributed by atoms with van der Waals surface area (Å²) >= 11 is 0. The molecule has 104 valence electrons. The molecule has 0 bridgehead atoms. The number of carbonyl (C=O) groups is 1. The zero-order valence-corrected chi connectivity index (χ0v) is 11.3. The van der Waals surface area contributed by atoms with Gasteiger partial charge in [0.25, 0.3) is 0 Å². The van der Waals surface area contributed by atoms with Gasteiger partial charge in [0.05, 0.1) is 12.1 Å². The first-order chi connectivity index (χ1) is 8.72. The quantitative estimate of drug-likeness (QED) is 0.752. The van der Waals surface area contributed by atoms with Gasteiger partial charge in [-0.25, -0.2) is 0 Å². The normalized spacial score (nSPS) is 31.2. The van der Waals surface area contributed by atoms with Gasteiger partial charge in [-0.2, -0.15) is 0 Å². The van der Waals surface area contributed by atoms with Crippen LogP contribution >= 0.6 is 0 Å². The summed E-state index contributed by atoms with van der Waals surface area (Å²) in [6, 6.07) is 0.102. The van der Waals surface area contributed by atoms with E-state index in [1.165, 1.54) is 0 Å². The summed E-state index contributed by atoms with van der Waals surface area (Å²) in [4.78, 5) is 12.2. The van der Waals surface area contributed by atoms with Crippen molar-refractivity contribution in [1.82, 2.24) is 10.6 Å². The van der Waals surface area contributed by atoms with Crippen molar-refractivity contribution in [1.29, 1.82) is 0 Å². The highest BCUT2D eigenvalue weighted by atomic mass is 16.5. The highest BCUT2D eigenvalue weighted by molar-refractivity contribution is 5.79. The van der Waals surface area contributed by atoms with Gasteiger partial charge < -0.3 is 20.1 Å². The standard InChI is InChI=1S/C13H24N2O3/c1-9(10-3-5-18-6-4-10)13(16)15-11-7-14-8-12(11)17-2/h9-12,14H,3-8H2,1-2H3,(H,15,16)/t9-,11-,12-/m0/s1. The minimum absolute atomic E-state index is 0.0620. The predicted molar refractivity (Wildman–Crippen MR) is 68.3 cm³/mol. The molecule has 0 unspecified atom stereocenters. The Morgan fingerprint density at radius 2 is 2.11 bits per heavy atom. The van der Waals surface area contributed by atoms with Crippen molar-refractivity contribution in [3.63, 3.8) is 0 Å². The van der Waals surface area contributed by atoms with Gasteiger partial charge in [-0.05, 0) is 18.8 Å². The molecule has 2 rings (SSSR count). The van der Waals surface area contributed by atoms with Gasteiger partial charge in [0.2, 0.25) is 5.91 Å². The van der Waals surface area contributed by atoms with Crippen LogP contribution in [0.1, 0.15) is 19.8 Å². The number of nitrogens with one attached hydrogen (secondary N) is 2. The molecule has 5 nitrogen and oxygen atoms in total. The third kappa shape index (κ3) is 3.22. The zero-order chi connectivity index (χ0) is 13.0. The van der Waals surface area contributed by atoms with Crippen LogP contribution in [0.2, 0.25) is 0 Å². The van der Waals surface area contributed by atoms with Crippen LogP contribution in [0.5, 0.6) is 0 Å². The van der Waals surface area contributed by atoms with Crippen molar-refractivity contribution in [2.24, 2.45) is 11.8 Å². The van der Waals surface area contributed by atoms with Crippen molar-refractivity contribution < 1.29 is 14.3 Å². The number of hydrogen-bond donors (Lipinski definition) is 2. The van der Waals surface area contributed by atoms with Gasteiger partial charge in [0.1, 0.15) is 0 Å². The lowest BCUT2D eigenvalue weighted by Crippen LogP contribution is -2.47. The summed E-state index contributed by atoms with van der Waals surface area (Å²) in [5.41, 5.74) is 0. The van der Waals surface area contributed by atoms with E-state index in [2.05, 4.69) is 10.6 Å². The Balaban J connectivity index is 1.82. The fourth-order valence-corrected chi connectivity index (χ4v) is 2.79. The smallest absolute Gasteiger partial charge is 0.223 e. The van der Waals surface area contributed by atoms with Crippen LogP contribution in [0, 0.1) is 11.8 Å². The molecule has 2 saturated heterocycles. The van der Waals surface area contributed by atoms with E-state index in [9.17, 15) is 4.79 Å². The lowest BCUT2D eigenvalue weighted by Gasteiger charge is -2.28. The number of carbonyl (C=O) groups excluding carboxylic acids is 1. The Kier molecular flexibility index (Phi) is 4.97. The largest absolute Gasteiger partial charge is 0.381 e. The van der Waals surface area contributed by atoms with Crippen LogP contribution in [-0.2, 0) is 14.3 Å². The summed E-state index contributed by atoms with van der Waals surface area (Å²) in [6.07, 6.45) is 2.08. The number of hydrogen-bond acceptors (Lipinski definition) is 4. The van der Waals surface area contributed by atoms with E-state index >= 15 is 0 Å². The molecule has 2 aliphatic heterocycles. The molecule has 0 radical (unpaired) electrons. The minimum Gasteiger partial charge on any atom is -0.381 e. The highest BCUT2D eigenvalue weighted by Gasteiger charge is 2.32. The Morgan fingerprint density at radius 3 is 2.78 bits per heavy atom. The fourth-order valence-electron chi connectivity index (χ4n) is 2.79. The van der Waals surface area contributed by atoms with Crippen LogP contribution in [-0.4, -0.2) is 51.5 Å². The number of ether oxygens (including phenoxy) is 2. The van der Waals surface area contributed by atoms with E-state index in [0.29, 0.717) is 5.92 Å². The Labute approximate surface area is 109 Å². The molecule has 5 heteroatoms. The van der Waals surface area contributed by atoms with E-state index in [0.717, 1.165) is 39.1 Å². The molecule has 0 aromatic heterocycles. The Morgan fingerprint density at radius 1 is 1.39 bits per heavy atom. The molecule has 3 atom stereocenters. The topological polar surface area (TPSA) is 59.6 Å². The summed E-state index contributed by atoms with van der Waals surface area (Å²) < 4.78 is 10.7. The van der Waals surface area contributed by atoms with Gasteiger partial charge in [-0.3, -0.25) is 4.79 Å². The summed E-state index contributed by atoms with van der Waals surface area (Å²) in [7, 11) is 1.69. The molecule has 2 N–H and O–H groups in total. The second-order valence-corrected chi connectivity index (χ2v) is 5.29. The van der Waals surface area contributed by atoms with E-state index in [1.807, 2.05) is 6.92 Å². The molecule has 2 aliphatic rings. The first-order valence-electron chi connectivity index (χ1n) is 6.84. The zero-order valence-electron chi connectivity index (χ0n) is 11.3. The van der Waals surface area contributed by atoms with Crippen LogP contribution in [0.4, 0.5) is 0 Å². The average Bonchev–Trinajstić information content (AvgIpc) is 2.86. The van der Waals surface area contributed by atoms with Gasteiger partial charge in [-0.1, -0.05) is 6.92 Å². The second-order valence-electron chi connectivity index (χ2n) is 5.29. The van der Waals surface area contributed by atoms with Crippen LogP contribution in [0.15, 0.2) is 0 Å². The molecule has 2 fully saturated rings. The molecular formula is C13H24N2O3. The molecule has 0 saturated carbocycles. The van der Waals surface area contributed by atoms with Gasteiger partial charge in [0, 0.05) is 39.3 Å². The molecule has 2 heterocycles. The van der Waals surface area contributed by atoms with Crippen molar-refractivity contribution >= 4 is 5.91 Å². The van der Waals surface area contributed by atoms with E-state index in [-0.39, 0.29) is 24.0 Å². The SMILES string of the molecule is CO[C@H]1CNC[C@@H]1NC(=O)[C@@H](C)C1CCOCC1. The van der Waals surface area contributed by atoms with Gasteiger partial charge >= 0.3 is 0 Å². The van der Waals surface area contributed by atoms with Crippen molar-refractivity contribution in [3.05, 3.63) is 0 Å². The number of methoxy groups -OCH3 is 1.